The van der Waals surface area contributed by atoms with Gasteiger partial charge in [0, 0.05) is 17.7 Å². The third kappa shape index (κ3) is 4.73. The molecule has 2 nitrogen and oxygen atoms in total. The first-order valence-corrected chi connectivity index (χ1v) is 8.51. The second-order valence-corrected chi connectivity index (χ2v) is 6.26. The molecule has 24 heavy (non-hydrogen) atoms. The summed E-state index contributed by atoms with van der Waals surface area (Å²) in [4.78, 5) is 11.9. The van der Waals surface area contributed by atoms with Gasteiger partial charge in [0.1, 0.15) is 0 Å². The van der Waals surface area contributed by atoms with Gasteiger partial charge in [-0.25, -0.2) is 0 Å². The van der Waals surface area contributed by atoms with Crippen molar-refractivity contribution in [2.24, 2.45) is 0 Å². The van der Waals surface area contributed by atoms with E-state index in [1.165, 1.54) is 5.56 Å². The fraction of sp³-hybridized carbons (Fsp3) is 0.318. The molecule has 1 amide bonds. The number of likely N-dealkylation sites (N-methyl/N-ethyl adjacent to an activating group) is 1. The van der Waals surface area contributed by atoms with Crippen LogP contribution in [0.15, 0.2) is 48.5 Å². The second-order valence-electron chi connectivity index (χ2n) is 6.26. The first-order valence-electron chi connectivity index (χ1n) is 8.51. The maximum Gasteiger partial charge on any atom is 0.227 e. The Bertz CT molecular complexity index is 730. The summed E-state index contributed by atoms with van der Waals surface area (Å²) in [7, 11) is 0. The molecule has 0 aliphatic carbocycles. The zero-order chi connectivity index (χ0) is 17.5. The lowest BCUT2D eigenvalue weighted by atomic mass is 9.99. The van der Waals surface area contributed by atoms with Crippen LogP contribution in [0.3, 0.4) is 0 Å². The van der Waals surface area contributed by atoms with E-state index >= 15 is 0 Å². The summed E-state index contributed by atoms with van der Waals surface area (Å²) in [5, 5.41) is 2.85. The molecule has 2 aromatic rings. The molecule has 1 unspecified atom stereocenters. The van der Waals surface area contributed by atoms with Crippen LogP contribution in [-0.2, 0) is 4.79 Å². The fourth-order valence-electron chi connectivity index (χ4n) is 2.43. The van der Waals surface area contributed by atoms with Crippen molar-refractivity contribution in [1.29, 1.82) is 0 Å². The van der Waals surface area contributed by atoms with Gasteiger partial charge in [-0.05, 0) is 55.2 Å². The lowest BCUT2D eigenvalue weighted by Gasteiger charge is -2.11. The lowest BCUT2D eigenvalue weighted by molar-refractivity contribution is -0.122. The molecule has 1 atom stereocenters. The van der Waals surface area contributed by atoms with Crippen LogP contribution >= 0.6 is 0 Å². The predicted molar refractivity (Wildman–Crippen MR) is 100 cm³/mol. The van der Waals surface area contributed by atoms with Crippen molar-refractivity contribution in [1.82, 2.24) is 5.32 Å². The Morgan fingerprint density at radius 2 is 1.33 bits per heavy atom. The molecule has 0 saturated heterocycles. The van der Waals surface area contributed by atoms with E-state index in [0.717, 1.165) is 16.7 Å². The summed E-state index contributed by atoms with van der Waals surface area (Å²) >= 11 is 0. The fourth-order valence-corrected chi connectivity index (χ4v) is 2.43. The number of rotatable bonds is 4. The average molecular weight is 319 g/mol. The van der Waals surface area contributed by atoms with Gasteiger partial charge in [0.15, 0.2) is 0 Å². The molecular formula is C22H25NO. The minimum Gasteiger partial charge on any atom is -0.356 e. The summed E-state index contributed by atoms with van der Waals surface area (Å²) in [5.41, 5.74) is 4.30. The number of carbonyl (C=O) groups is 1. The quantitative estimate of drug-likeness (QED) is 0.829. The first-order chi connectivity index (χ1) is 11.5. The number of benzene rings is 2. The number of hydrogen-bond acceptors (Lipinski definition) is 1. The highest BCUT2D eigenvalue weighted by atomic mass is 16.1. The monoisotopic (exact) mass is 319 g/mol. The van der Waals surface area contributed by atoms with Crippen molar-refractivity contribution in [2.45, 2.75) is 39.5 Å². The Balaban J connectivity index is 2.08. The number of amides is 1. The van der Waals surface area contributed by atoms with Crippen molar-refractivity contribution in [3.05, 3.63) is 70.8 Å². The minimum absolute atomic E-state index is 0.0570. The number of nitrogens with one attached hydrogen (secondary N) is 1. The third-order valence-electron chi connectivity index (χ3n) is 4.08. The van der Waals surface area contributed by atoms with E-state index in [0.29, 0.717) is 12.5 Å². The normalized spacial score (nSPS) is 11.5. The van der Waals surface area contributed by atoms with Gasteiger partial charge in [0.25, 0.3) is 0 Å². The molecule has 0 saturated carbocycles. The summed E-state index contributed by atoms with van der Waals surface area (Å²) in [6.07, 6.45) is 0. The smallest absolute Gasteiger partial charge is 0.227 e. The largest absolute Gasteiger partial charge is 0.356 e. The minimum atomic E-state index is -0.143. The Labute approximate surface area is 145 Å². The standard InChI is InChI=1S/C22H25NO/c1-5-23-22(24)17(4)21-14-10-19(11-15-21)7-6-18-8-12-20(13-9-18)16(2)3/h8-17H,5H2,1-4H3,(H,23,24). The highest BCUT2D eigenvalue weighted by Crippen LogP contribution is 2.16. The summed E-state index contributed by atoms with van der Waals surface area (Å²) < 4.78 is 0. The van der Waals surface area contributed by atoms with Crippen molar-refractivity contribution >= 4 is 5.91 Å². The van der Waals surface area contributed by atoms with Gasteiger partial charge in [0.2, 0.25) is 5.91 Å². The zero-order valence-electron chi connectivity index (χ0n) is 14.9. The number of hydrogen-bond donors (Lipinski definition) is 1. The van der Waals surface area contributed by atoms with Crippen LogP contribution in [0.25, 0.3) is 0 Å². The van der Waals surface area contributed by atoms with Gasteiger partial charge in [-0.2, -0.15) is 0 Å². The lowest BCUT2D eigenvalue weighted by Crippen LogP contribution is -2.27. The van der Waals surface area contributed by atoms with Crippen molar-refractivity contribution in [3.63, 3.8) is 0 Å². The maximum absolute atomic E-state index is 11.9. The highest BCUT2D eigenvalue weighted by molar-refractivity contribution is 5.83. The maximum atomic E-state index is 11.9. The molecule has 0 aliphatic heterocycles. The van der Waals surface area contributed by atoms with Crippen LogP contribution in [0.4, 0.5) is 0 Å². The van der Waals surface area contributed by atoms with Gasteiger partial charge in [-0.1, -0.05) is 50.0 Å². The Hall–Kier alpha value is -2.53. The van der Waals surface area contributed by atoms with E-state index in [1.807, 2.05) is 38.1 Å². The van der Waals surface area contributed by atoms with Crippen molar-refractivity contribution in [2.75, 3.05) is 6.54 Å². The van der Waals surface area contributed by atoms with E-state index < -0.39 is 0 Å². The molecule has 0 bridgehead atoms. The van der Waals surface area contributed by atoms with Crippen LogP contribution in [0.5, 0.6) is 0 Å². The SMILES string of the molecule is CCNC(=O)C(C)c1ccc(C#Cc2ccc(C(C)C)cc2)cc1. The van der Waals surface area contributed by atoms with Crippen LogP contribution in [0, 0.1) is 11.8 Å². The molecule has 1 N–H and O–H groups in total. The van der Waals surface area contributed by atoms with Gasteiger partial charge in [-0.15, -0.1) is 0 Å². The number of carbonyl (C=O) groups excluding carboxylic acids is 1. The summed E-state index contributed by atoms with van der Waals surface area (Å²) in [5.74, 6) is 6.82. The Morgan fingerprint density at radius 3 is 1.75 bits per heavy atom. The van der Waals surface area contributed by atoms with Gasteiger partial charge >= 0.3 is 0 Å². The van der Waals surface area contributed by atoms with Crippen molar-refractivity contribution < 1.29 is 4.79 Å². The highest BCUT2D eigenvalue weighted by Gasteiger charge is 2.13. The predicted octanol–water partition coefficient (Wildman–Crippen LogP) is 4.45. The van der Waals surface area contributed by atoms with Gasteiger partial charge < -0.3 is 5.32 Å². The molecule has 0 fully saturated rings. The van der Waals surface area contributed by atoms with Gasteiger partial charge in [0.05, 0.1) is 5.92 Å². The summed E-state index contributed by atoms with van der Waals surface area (Å²) in [6.45, 7) is 8.87. The van der Waals surface area contributed by atoms with E-state index in [2.05, 4.69) is 55.3 Å². The average Bonchev–Trinajstić information content (AvgIpc) is 2.60. The zero-order valence-corrected chi connectivity index (χ0v) is 14.9. The molecule has 2 aromatic carbocycles. The first kappa shape index (κ1) is 17.8. The Kier molecular flexibility index (Phi) is 6.21. The molecule has 2 heteroatoms. The molecule has 0 heterocycles. The van der Waals surface area contributed by atoms with Crippen molar-refractivity contribution in [3.8, 4) is 11.8 Å². The van der Waals surface area contributed by atoms with Crippen LogP contribution in [-0.4, -0.2) is 12.5 Å². The van der Waals surface area contributed by atoms with Crippen LogP contribution in [0.2, 0.25) is 0 Å². The van der Waals surface area contributed by atoms with Crippen LogP contribution in [0.1, 0.15) is 61.8 Å². The summed E-state index contributed by atoms with van der Waals surface area (Å²) in [6, 6.07) is 16.3. The second kappa shape index (κ2) is 8.36. The molecule has 0 spiro atoms. The van der Waals surface area contributed by atoms with E-state index in [1.54, 1.807) is 0 Å². The molecule has 0 aromatic heterocycles. The molecule has 2 rings (SSSR count). The van der Waals surface area contributed by atoms with E-state index in [9.17, 15) is 4.79 Å². The van der Waals surface area contributed by atoms with E-state index in [-0.39, 0.29) is 11.8 Å². The van der Waals surface area contributed by atoms with E-state index in [4.69, 9.17) is 0 Å². The van der Waals surface area contributed by atoms with Gasteiger partial charge in [-0.3, -0.25) is 4.79 Å². The molecule has 124 valence electrons. The Morgan fingerprint density at radius 1 is 0.875 bits per heavy atom. The topological polar surface area (TPSA) is 29.1 Å². The third-order valence-corrected chi connectivity index (χ3v) is 4.08. The molecular weight excluding hydrogens is 294 g/mol. The van der Waals surface area contributed by atoms with Crippen LogP contribution < -0.4 is 5.32 Å². The molecule has 0 radical (unpaired) electrons. The molecule has 0 aliphatic rings.